The summed E-state index contributed by atoms with van der Waals surface area (Å²) in [4.78, 5) is 0. The second-order valence-electron chi connectivity index (χ2n) is 9.26. The molecule has 4 heteroatoms. The van der Waals surface area contributed by atoms with Crippen LogP contribution in [0, 0.1) is 35.0 Å². The molecule has 0 aromatic rings. The number of hydrogen-bond acceptors (Lipinski definition) is 4. The van der Waals surface area contributed by atoms with Crippen molar-refractivity contribution in [2.75, 3.05) is 14.2 Å². The molecule has 4 fully saturated rings. The Hall–Kier alpha value is -0.160. The molecule has 4 aliphatic rings. The van der Waals surface area contributed by atoms with Crippen LogP contribution in [0.5, 0.6) is 0 Å². The first-order valence-electron chi connectivity index (χ1n) is 9.90. The monoisotopic (exact) mass is 338 g/mol. The summed E-state index contributed by atoms with van der Waals surface area (Å²) in [7, 11) is 3.46. The standard InChI is InChI=1S/C20H34O4/c1-19-8-6-12-13-7-9-20(23-2,24-3)11-15(13)17(21)10-14(12)16(19)4-5-18(19)22/h12-18,21-22H,4-11H2,1-3H3/t12-,13-,14-,15-,16+,17-,18?,19+/m1/s1. The predicted octanol–water partition coefficient (Wildman–Crippen LogP) is 2.96. The SMILES string of the molecule is COC1(OC)CC[C@@H]2[C@H]3CC[C@]4(C)C(O)CC[C@H]4[C@@H]3C[C@@H](O)[C@@H]2C1. The molecule has 8 atom stereocenters. The molecule has 1 unspecified atom stereocenters. The molecule has 138 valence electrons. The molecule has 4 rings (SSSR count). The summed E-state index contributed by atoms with van der Waals surface area (Å²) in [6.07, 6.45) is 7.82. The summed E-state index contributed by atoms with van der Waals surface area (Å²) in [5, 5.41) is 21.5. The quantitative estimate of drug-likeness (QED) is 0.760. The molecule has 0 saturated heterocycles. The third-order valence-electron chi connectivity index (χ3n) is 8.70. The van der Waals surface area contributed by atoms with E-state index in [-0.39, 0.29) is 17.6 Å². The fourth-order valence-corrected chi connectivity index (χ4v) is 7.23. The van der Waals surface area contributed by atoms with Crippen LogP contribution < -0.4 is 0 Å². The highest BCUT2D eigenvalue weighted by Crippen LogP contribution is 2.63. The van der Waals surface area contributed by atoms with Crippen LogP contribution in [-0.2, 0) is 9.47 Å². The first-order chi connectivity index (χ1) is 11.4. The zero-order valence-electron chi connectivity index (χ0n) is 15.4. The van der Waals surface area contributed by atoms with Crippen LogP contribution in [-0.4, -0.2) is 42.4 Å². The lowest BCUT2D eigenvalue weighted by Gasteiger charge is -2.58. The highest BCUT2D eigenvalue weighted by Gasteiger charge is 2.59. The number of fused-ring (bicyclic) bond motifs is 5. The fourth-order valence-electron chi connectivity index (χ4n) is 7.23. The number of aliphatic hydroxyl groups excluding tert-OH is 2. The van der Waals surface area contributed by atoms with Crippen LogP contribution in [0.4, 0.5) is 0 Å². The van der Waals surface area contributed by atoms with Gasteiger partial charge < -0.3 is 19.7 Å². The first-order valence-corrected chi connectivity index (χ1v) is 9.90. The molecule has 0 heterocycles. The van der Waals surface area contributed by atoms with Crippen LogP contribution in [0.15, 0.2) is 0 Å². The van der Waals surface area contributed by atoms with E-state index in [1.807, 2.05) is 0 Å². The summed E-state index contributed by atoms with van der Waals surface area (Å²) in [5.41, 5.74) is 0.0885. The van der Waals surface area contributed by atoms with Gasteiger partial charge in [-0.1, -0.05) is 6.92 Å². The van der Waals surface area contributed by atoms with Crippen molar-refractivity contribution in [1.29, 1.82) is 0 Å². The lowest BCUT2D eigenvalue weighted by molar-refractivity contribution is -0.257. The Morgan fingerprint density at radius 3 is 2.21 bits per heavy atom. The van der Waals surface area contributed by atoms with Gasteiger partial charge in [0.25, 0.3) is 0 Å². The van der Waals surface area contributed by atoms with Crippen molar-refractivity contribution in [2.24, 2.45) is 35.0 Å². The van der Waals surface area contributed by atoms with E-state index in [1.54, 1.807) is 14.2 Å². The van der Waals surface area contributed by atoms with Crippen LogP contribution in [0.3, 0.4) is 0 Å². The van der Waals surface area contributed by atoms with Gasteiger partial charge in [-0.05, 0) is 73.5 Å². The van der Waals surface area contributed by atoms with Gasteiger partial charge in [-0.15, -0.1) is 0 Å². The van der Waals surface area contributed by atoms with Crippen molar-refractivity contribution in [1.82, 2.24) is 0 Å². The van der Waals surface area contributed by atoms with E-state index >= 15 is 0 Å². The molecule has 2 N–H and O–H groups in total. The van der Waals surface area contributed by atoms with Gasteiger partial charge in [0.1, 0.15) is 0 Å². The maximum Gasteiger partial charge on any atom is 0.167 e. The van der Waals surface area contributed by atoms with Crippen LogP contribution in [0.25, 0.3) is 0 Å². The van der Waals surface area contributed by atoms with Crippen molar-refractivity contribution in [3.63, 3.8) is 0 Å². The van der Waals surface area contributed by atoms with E-state index in [0.717, 1.165) is 44.9 Å². The smallest absolute Gasteiger partial charge is 0.167 e. The molecule has 0 aromatic carbocycles. The van der Waals surface area contributed by atoms with Gasteiger partial charge in [-0.25, -0.2) is 0 Å². The maximum absolute atomic E-state index is 11.0. The number of methoxy groups -OCH3 is 2. The first kappa shape index (κ1) is 17.3. The van der Waals surface area contributed by atoms with Crippen molar-refractivity contribution in [3.8, 4) is 0 Å². The van der Waals surface area contributed by atoms with E-state index in [0.29, 0.717) is 29.6 Å². The average Bonchev–Trinajstić information content (AvgIpc) is 2.90. The van der Waals surface area contributed by atoms with Gasteiger partial charge in [-0.2, -0.15) is 0 Å². The predicted molar refractivity (Wildman–Crippen MR) is 91.3 cm³/mol. The maximum atomic E-state index is 11.0. The minimum atomic E-state index is -0.498. The zero-order valence-corrected chi connectivity index (χ0v) is 15.4. The Bertz CT molecular complexity index is 476. The number of aliphatic hydroxyl groups is 2. The molecule has 0 aromatic heterocycles. The van der Waals surface area contributed by atoms with Gasteiger partial charge in [0, 0.05) is 27.1 Å². The summed E-state index contributed by atoms with van der Waals surface area (Å²) < 4.78 is 11.4. The Balaban J connectivity index is 1.57. The number of ether oxygens (including phenoxy) is 2. The molecule has 0 radical (unpaired) electrons. The molecule has 4 nitrogen and oxygen atoms in total. The molecule has 0 amide bonds. The molecule has 0 bridgehead atoms. The normalized spacial score (nSPS) is 53.1. The largest absolute Gasteiger partial charge is 0.393 e. The molecule has 24 heavy (non-hydrogen) atoms. The van der Waals surface area contributed by atoms with Crippen molar-refractivity contribution >= 4 is 0 Å². The Labute approximate surface area is 145 Å². The lowest BCUT2D eigenvalue weighted by atomic mass is 9.49. The Morgan fingerprint density at radius 1 is 0.833 bits per heavy atom. The molecule has 4 aliphatic carbocycles. The highest BCUT2D eigenvalue weighted by atomic mass is 16.7. The molecular formula is C20H34O4. The zero-order chi connectivity index (χ0) is 17.1. The minimum Gasteiger partial charge on any atom is -0.393 e. The lowest BCUT2D eigenvalue weighted by Crippen LogP contribution is -2.56. The second kappa shape index (κ2) is 5.94. The van der Waals surface area contributed by atoms with Crippen LogP contribution in [0.1, 0.15) is 58.3 Å². The van der Waals surface area contributed by atoms with E-state index in [2.05, 4.69) is 6.92 Å². The number of rotatable bonds is 2. The Kier molecular flexibility index (Phi) is 4.27. The third-order valence-corrected chi connectivity index (χ3v) is 8.70. The second-order valence-corrected chi connectivity index (χ2v) is 9.26. The van der Waals surface area contributed by atoms with Gasteiger partial charge in [0.2, 0.25) is 0 Å². The molecule has 0 spiro atoms. The number of hydrogen-bond donors (Lipinski definition) is 2. The summed E-state index contributed by atoms with van der Waals surface area (Å²) >= 11 is 0. The third kappa shape index (κ3) is 2.33. The van der Waals surface area contributed by atoms with E-state index in [4.69, 9.17) is 9.47 Å². The molecular weight excluding hydrogens is 304 g/mol. The summed E-state index contributed by atoms with van der Waals surface area (Å²) in [5.74, 6) is 2.30. The highest BCUT2D eigenvalue weighted by molar-refractivity contribution is 5.08. The minimum absolute atomic E-state index is 0.0885. The van der Waals surface area contributed by atoms with Crippen molar-refractivity contribution in [3.05, 3.63) is 0 Å². The van der Waals surface area contributed by atoms with Gasteiger partial charge in [0.15, 0.2) is 5.79 Å². The summed E-state index contributed by atoms with van der Waals surface area (Å²) in [6, 6.07) is 0. The topological polar surface area (TPSA) is 58.9 Å². The van der Waals surface area contributed by atoms with Crippen molar-refractivity contribution in [2.45, 2.75) is 76.3 Å². The summed E-state index contributed by atoms with van der Waals surface area (Å²) in [6.45, 7) is 2.30. The van der Waals surface area contributed by atoms with Gasteiger partial charge >= 0.3 is 0 Å². The fraction of sp³-hybridized carbons (Fsp3) is 1.00. The Morgan fingerprint density at radius 2 is 1.50 bits per heavy atom. The van der Waals surface area contributed by atoms with E-state index in [1.165, 1.54) is 6.42 Å². The molecule has 0 aliphatic heterocycles. The van der Waals surface area contributed by atoms with Crippen LogP contribution in [0.2, 0.25) is 0 Å². The van der Waals surface area contributed by atoms with E-state index < -0.39 is 5.79 Å². The molecule has 4 saturated carbocycles. The van der Waals surface area contributed by atoms with E-state index in [9.17, 15) is 10.2 Å². The van der Waals surface area contributed by atoms with Gasteiger partial charge in [-0.3, -0.25) is 0 Å². The van der Waals surface area contributed by atoms with Gasteiger partial charge in [0.05, 0.1) is 12.2 Å². The average molecular weight is 338 g/mol. The van der Waals surface area contributed by atoms with Crippen LogP contribution >= 0.6 is 0 Å². The van der Waals surface area contributed by atoms with Crippen molar-refractivity contribution < 1.29 is 19.7 Å².